The number of aromatic nitrogens is 1. The highest BCUT2D eigenvalue weighted by Gasteiger charge is 2.19. The quantitative estimate of drug-likeness (QED) is 0.360. The number of rotatable bonds is 5. The molecule has 26 heavy (non-hydrogen) atoms. The minimum Gasteiger partial charge on any atom is -0.337 e. The molecule has 0 N–H and O–H groups in total. The molecule has 1 heteroatoms. The van der Waals surface area contributed by atoms with E-state index in [-0.39, 0.29) is 0 Å². The van der Waals surface area contributed by atoms with E-state index >= 15 is 0 Å². The number of para-hydroxylation sites is 2. The van der Waals surface area contributed by atoms with Crippen molar-refractivity contribution in [1.29, 1.82) is 0 Å². The number of aryl methyl sites for hydroxylation is 1. The van der Waals surface area contributed by atoms with Crippen LogP contribution < -0.4 is 0 Å². The summed E-state index contributed by atoms with van der Waals surface area (Å²) < 4.78 is 2.58. The van der Waals surface area contributed by atoms with Crippen LogP contribution >= 0.6 is 0 Å². The molecule has 4 aromatic rings. The first-order valence-electron chi connectivity index (χ1n) is 9.73. The van der Waals surface area contributed by atoms with Crippen LogP contribution in [-0.4, -0.2) is 4.57 Å². The first kappa shape index (κ1) is 16.9. The van der Waals surface area contributed by atoms with Gasteiger partial charge in [-0.3, -0.25) is 0 Å². The van der Waals surface area contributed by atoms with Gasteiger partial charge in [0, 0.05) is 27.8 Å². The molecule has 0 aliphatic heterocycles. The van der Waals surface area contributed by atoms with Crippen molar-refractivity contribution in [3.63, 3.8) is 0 Å². The highest BCUT2D eigenvalue weighted by atomic mass is 15.0. The van der Waals surface area contributed by atoms with Crippen LogP contribution in [0.5, 0.6) is 0 Å². The van der Waals surface area contributed by atoms with Gasteiger partial charge >= 0.3 is 0 Å². The van der Waals surface area contributed by atoms with E-state index in [0.29, 0.717) is 12.0 Å². The monoisotopic (exact) mass is 341 g/mol. The zero-order valence-corrected chi connectivity index (χ0v) is 15.9. The molecule has 0 fully saturated rings. The summed E-state index contributed by atoms with van der Waals surface area (Å²) in [6.07, 6.45) is 2.29. The Bertz CT molecular complexity index is 970. The topological polar surface area (TPSA) is 4.93 Å². The molecule has 0 saturated carbocycles. The fourth-order valence-corrected chi connectivity index (χ4v) is 4.24. The molecule has 0 amide bonds. The molecule has 0 bridgehead atoms. The SMILES string of the molecule is CCC(CC(C)c1ccc(C)cc1)n1c2ccccc2c2ccccc21. The van der Waals surface area contributed by atoms with E-state index in [2.05, 4.69) is 98.1 Å². The molecule has 2 unspecified atom stereocenters. The molecule has 0 radical (unpaired) electrons. The van der Waals surface area contributed by atoms with E-state index in [4.69, 9.17) is 0 Å². The predicted octanol–water partition coefficient (Wildman–Crippen LogP) is 7.25. The molecule has 132 valence electrons. The Morgan fingerprint density at radius 3 is 1.85 bits per heavy atom. The molecular formula is C25H27N. The van der Waals surface area contributed by atoms with E-state index in [1.54, 1.807) is 0 Å². The third kappa shape index (κ3) is 2.92. The van der Waals surface area contributed by atoms with Crippen LogP contribution in [0.2, 0.25) is 0 Å². The second-order valence-corrected chi connectivity index (χ2v) is 7.51. The summed E-state index contributed by atoms with van der Waals surface area (Å²) in [5.41, 5.74) is 5.48. The van der Waals surface area contributed by atoms with Gasteiger partial charge in [0.2, 0.25) is 0 Å². The number of hydrogen-bond acceptors (Lipinski definition) is 0. The Hall–Kier alpha value is -2.54. The maximum Gasteiger partial charge on any atom is 0.0493 e. The first-order chi connectivity index (χ1) is 12.7. The van der Waals surface area contributed by atoms with Gasteiger partial charge in [0.1, 0.15) is 0 Å². The fourth-order valence-electron chi connectivity index (χ4n) is 4.24. The summed E-state index contributed by atoms with van der Waals surface area (Å²) in [6.45, 7) is 6.83. The zero-order chi connectivity index (χ0) is 18.1. The second kappa shape index (κ2) is 6.99. The van der Waals surface area contributed by atoms with E-state index in [9.17, 15) is 0 Å². The van der Waals surface area contributed by atoms with Crippen LogP contribution in [-0.2, 0) is 0 Å². The summed E-state index contributed by atoms with van der Waals surface area (Å²) in [5, 5.41) is 2.73. The van der Waals surface area contributed by atoms with Crippen molar-refractivity contribution >= 4 is 21.8 Å². The maximum atomic E-state index is 2.58. The van der Waals surface area contributed by atoms with Gasteiger partial charge in [-0.15, -0.1) is 0 Å². The van der Waals surface area contributed by atoms with Crippen molar-refractivity contribution in [2.45, 2.75) is 45.6 Å². The van der Waals surface area contributed by atoms with E-state index < -0.39 is 0 Å². The van der Waals surface area contributed by atoms with Gasteiger partial charge in [-0.2, -0.15) is 0 Å². The van der Waals surface area contributed by atoms with Crippen LogP contribution in [0.1, 0.15) is 49.8 Å². The first-order valence-corrected chi connectivity index (χ1v) is 9.73. The van der Waals surface area contributed by atoms with Crippen LogP contribution in [0, 0.1) is 6.92 Å². The molecule has 3 aromatic carbocycles. The Labute approximate surface area is 156 Å². The fraction of sp³-hybridized carbons (Fsp3) is 0.280. The lowest BCUT2D eigenvalue weighted by Gasteiger charge is -2.24. The third-order valence-electron chi connectivity index (χ3n) is 5.73. The molecule has 0 spiro atoms. The van der Waals surface area contributed by atoms with E-state index in [1.165, 1.54) is 32.9 Å². The molecule has 1 aromatic heterocycles. The molecule has 4 rings (SSSR count). The van der Waals surface area contributed by atoms with Crippen LogP contribution in [0.15, 0.2) is 72.8 Å². The third-order valence-corrected chi connectivity index (χ3v) is 5.73. The van der Waals surface area contributed by atoms with Crippen LogP contribution in [0.4, 0.5) is 0 Å². The van der Waals surface area contributed by atoms with Gasteiger partial charge < -0.3 is 4.57 Å². The standard InChI is InChI=1S/C25H27N/c1-4-21(17-19(3)20-15-13-18(2)14-16-20)26-24-11-7-5-9-22(24)23-10-6-8-12-25(23)26/h5-16,19,21H,4,17H2,1-3H3. The largest absolute Gasteiger partial charge is 0.337 e. The molecule has 2 atom stereocenters. The Kier molecular flexibility index (Phi) is 4.55. The number of nitrogens with zero attached hydrogens (tertiary/aromatic N) is 1. The lowest BCUT2D eigenvalue weighted by atomic mass is 9.92. The number of benzene rings is 3. The highest BCUT2D eigenvalue weighted by molar-refractivity contribution is 6.08. The normalized spacial score (nSPS) is 14.0. The number of fused-ring (bicyclic) bond motifs is 3. The lowest BCUT2D eigenvalue weighted by Crippen LogP contribution is -2.11. The summed E-state index contributed by atoms with van der Waals surface area (Å²) in [7, 11) is 0. The lowest BCUT2D eigenvalue weighted by molar-refractivity contribution is 0.441. The Morgan fingerprint density at radius 1 is 0.769 bits per heavy atom. The van der Waals surface area contributed by atoms with E-state index in [0.717, 1.165) is 12.8 Å². The van der Waals surface area contributed by atoms with Crippen molar-refractivity contribution in [1.82, 2.24) is 4.57 Å². The van der Waals surface area contributed by atoms with Crippen molar-refractivity contribution < 1.29 is 0 Å². The minimum atomic E-state index is 0.496. The molecule has 1 heterocycles. The highest BCUT2D eigenvalue weighted by Crippen LogP contribution is 2.36. The van der Waals surface area contributed by atoms with Gasteiger partial charge in [-0.1, -0.05) is 80.1 Å². The Morgan fingerprint density at radius 2 is 1.31 bits per heavy atom. The minimum absolute atomic E-state index is 0.496. The van der Waals surface area contributed by atoms with Crippen molar-refractivity contribution in [2.24, 2.45) is 0 Å². The molecule has 1 nitrogen and oxygen atoms in total. The summed E-state index contributed by atoms with van der Waals surface area (Å²) in [4.78, 5) is 0. The average Bonchev–Trinajstić information content (AvgIpc) is 3.01. The van der Waals surface area contributed by atoms with Gasteiger partial charge in [0.05, 0.1) is 0 Å². The van der Waals surface area contributed by atoms with Gasteiger partial charge in [-0.05, 0) is 43.4 Å². The predicted molar refractivity (Wildman–Crippen MR) is 113 cm³/mol. The van der Waals surface area contributed by atoms with Gasteiger partial charge in [0.15, 0.2) is 0 Å². The van der Waals surface area contributed by atoms with Crippen LogP contribution in [0.3, 0.4) is 0 Å². The maximum absolute atomic E-state index is 2.58. The van der Waals surface area contributed by atoms with E-state index in [1.807, 2.05) is 0 Å². The molecule has 0 aliphatic rings. The van der Waals surface area contributed by atoms with Crippen molar-refractivity contribution in [2.75, 3.05) is 0 Å². The molecular weight excluding hydrogens is 314 g/mol. The summed E-state index contributed by atoms with van der Waals surface area (Å²) >= 11 is 0. The summed E-state index contributed by atoms with van der Waals surface area (Å²) in [6, 6.07) is 27.2. The van der Waals surface area contributed by atoms with Gasteiger partial charge in [0.25, 0.3) is 0 Å². The Balaban J connectivity index is 1.77. The van der Waals surface area contributed by atoms with Gasteiger partial charge in [-0.25, -0.2) is 0 Å². The second-order valence-electron chi connectivity index (χ2n) is 7.51. The van der Waals surface area contributed by atoms with Crippen molar-refractivity contribution in [3.05, 3.63) is 83.9 Å². The van der Waals surface area contributed by atoms with Crippen molar-refractivity contribution in [3.8, 4) is 0 Å². The zero-order valence-electron chi connectivity index (χ0n) is 15.9. The molecule has 0 aliphatic carbocycles. The average molecular weight is 341 g/mol. The number of hydrogen-bond donors (Lipinski definition) is 0. The summed E-state index contributed by atoms with van der Waals surface area (Å²) in [5.74, 6) is 0.542. The smallest absolute Gasteiger partial charge is 0.0493 e. The van der Waals surface area contributed by atoms with Crippen LogP contribution in [0.25, 0.3) is 21.8 Å². The molecule has 0 saturated heterocycles.